The maximum Gasteiger partial charge on any atom is 0.311 e. The molecule has 24 heavy (non-hydrogen) atoms. The van der Waals surface area contributed by atoms with Crippen LogP contribution < -0.4 is 9.47 Å². The second-order valence-electron chi connectivity index (χ2n) is 6.80. The van der Waals surface area contributed by atoms with E-state index in [2.05, 4.69) is 20.8 Å². The van der Waals surface area contributed by atoms with Crippen LogP contribution in [-0.4, -0.2) is 12.6 Å². The molecule has 0 heterocycles. The molecule has 128 valence electrons. The van der Waals surface area contributed by atoms with Crippen molar-refractivity contribution in [1.29, 1.82) is 0 Å². The first-order valence-electron chi connectivity index (χ1n) is 8.42. The molecule has 0 aromatic heterocycles. The topological polar surface area (TPSA) is 35.5 Å². The molecule has 0 N–H and O–H groups in total. The van der Waals surface area contributed by atoms with Crippen molar-refractivity contribution < 1.29 is 14.3 Å². The van der Waals surface area contributed by atoms with E-state index in [1.165, 1.54) is 0 Å². The third-order valence-electron chi connectivity index (χ3n) is 3.77. The smallest absolute Gasteiger partial charge is 0.311 e. The van der Waals surface area contributed by atoms with Gasteiger partial charge in [-0.25, -0.2) is 0 Å². The van der Waals surface area contributed by atoms with Gasteiger partial charge in [0, 0.05) is 12.0 Å². The van der Waals surface area contributed by atoms with Crippen molar-refractivity contribution in [2.45, 2.75) is 46.0 Å². The number of rotatable bonds is 6. The Morgan fingerprint density at radius 2 is 1.67 bits per heavy atom. The number of aryl methyl sites for hydroxylation is 1. The van der Waals surface area contributed by atoms with Crippen LogP contribution in [0, 0.1) is 0 Å². The molecule has 3 nitrogen and oxygen atoms in total. The van der Waals surface area contributed by atoms with Crippen LogP contribution in [0.1, 0.15) is 45.2 Å². The van der Waals surface area contributed by atoms with Gasteiger partial charge in [0.25, 0.3) is 0 Å². The van der Waals surface area contributed by atoms with Gasteiger partial charge in [-0.3, -0.25) is 4.79 Å². The first-order valence-corrected chi connectivity index (χ1v) is 8.42. The molecule has 0 saturated carbocycles. The van der Waals surface area contributed by atoms with Gasteiger partial charge in [0.2, 0.25) is 0 Å². The fourth-order valence-corrected chi connectivity index (χ4v) is 2.51. The van der Waals surface area contributed by atoms with E-state index >= 15 is 0 Å². The summed E-state index contributed by atoms with van der Waals surface area (Å²) in [5.74, 6) is 1.30. The number of hydrogen-bond donors (Lipinski definition) is 0. The van der Waals surface area contributed by atoms with Crippen molar-refractivity contribution in [3.63, 3.8) is 0 Å². The average molecular weight is 326 g/mol. The van der Waals surface area contributed by atoms with E-state index in [9.17, 15) is 4.79 Å². The van der Waals surface area contributed by atoms with Crippen molar-refractivity contribution in [2.24, 2.45) is 0 Å². The summed E-state index contributed by atoms with van der Waals surface area (Å²) in [6.07, 6.45) is 1.01. The molecule has 0 atom stereocenters. The summed E-state index contributed by atoms with van der Waals surface area (Å²) in [6.45, 7) is 8.94. The third kappa shape index (κ3) is 5.12. The van der Waals surface area contributed by atoms with Crippen LogP contribution in [0.15, 0.2) is 48.5 Å². The van der Waals surface area contributed by atoms with Gasteiger partial charge in [0.15, 0.2) is 0 Å². The highest BCUT2D eigenvalue weighted by molar-refractivity contribution is 5.73. The molecule has 2 aromatic rings. The first-order chi connectivity index (χ1) is 11.4. The van der Waals surface area contributed by atoms with Crippen LogP contribution in [-0.2, 0) is 16.6 Å². The molecule has 0 spiro atoms. The lowest BCUT2D eigenvalue weighted by molar-refractivity contribution is -0.134. The molecule has 0 saturated heterocycles. The number of ether oxygens (including phenoxy) is 2. The molecule has 2 aromatic carbocycles. The minimum atomic E-state index is -0.208. The summed E-state index contributed by atoms with van der Waals surface area (Å²) < 4.78 is 11.0. The molecule has 0 aliphatic heterocycles. The number of esters is 1. The highest BCUT2D eigenvalue weighted by atomic mass is 16.5. The van der Waals surface area contributed by atoms with E-state index in [0.29, 0.717) is 25.2 Å². The van der Waals surface area contributed by atoms with Crippen LogP contribution in [0.4, 0.5) is 0 Å². The molecule has 0 unspecified atom stereocenters. The van der Waals surface area contributed by atoms with Crippen molar-refractivity contribution in [3.05, 3.63) is 59.7 Å². The second kappa shape index (κ2) is 8.00. The number of carbonyl (C=O) groups excluding carboxylic acids is 1. The molecule has 0 bridgehead atoms. The lowest BCUT2D eigenvalue weighted by atomic mass is 9.86. The van der Waals surface area contributed by atoms with E-state index < -0.39 is 0 Å². The van der Waals surface area contributed by atoms with Gasteiger partial charge >= 0.3 is 5.97 Å². The number of benzene rings is 2. The molecule has 0 aliphatic rings. The predicted octanol–water partition coefficient (Wildman–Crippen LogP) is 4.92. The van der Waals surface area contributed by atoms with Crippen LogP contribution in [0.5, 0.6) is 11.5 Å². The average Bonchev–Trinajstić information content (AvgIpc) is 2.54. The lowest BCUT2D eigenvalue weighted by Gasteiger charge is -2.22. The van der Waals surface area contributed by atoms with E-state index in [1.807, 2.05) is 55.5 Å². The van der Waals surface area contributed by atoms with Gasteiger partial charge in [-0.1, -0.05) is 51.1 Å². The van der Waals surface area contributed by atoms with E-state index in [1.54, 1.807) is 0 Å². The van der Waals surface area contributed by atoms with Crippen LogP contribution in [0.25, 0.3) is 0 Å². The molecule has 2 rings (SSSR count). The standard InChI is InChI=1S/C21H26O3/c1-5-23-17-13-10-16(11-14-17)12-15-20(22)24-19-9-7-6-8-18(19)21(2,3)4/h6-11,13-14H,5,12,15H2,1-4H3. The van der Waals surface area contributed by atoms with Crippen molar-refractivity contribution in [2.75, 3.05) is 6.61 Å². The molecule has 0 aliphatic carbocycles. The van der Waals surface area contributed by atoms with Gasteiger partial charge in [0.1, 0.15) is 11.5 Å². The van der Waals surface area contributed by atoms with Gasteiger partial charge in [-0.05, 0) is 42.5 Å². The normalized spacial score (nSPS) is 11.2. The van der Waals surface area contributed by atoms with Crippen LogP contribution in [0.2, 0.25) is 0 Å². The number of hydrogen-bond acceptors (Lipinski definition) is 3. The zero-order chi connectivity index (χ0) is 17.6. The fourth-order valence-electron chi connectivity index (χ4n) is 2.51. The van der Waals surface area contributed by atoms with E-state index in [0.717, 1.165) is 16.9 Å². The number of para-hydroxylation sites is 1. The summed E-state index contributed by atoms with van der Waals surface area (Å²) in [5.41, 5.74) is 2.07. The summed E-state index contributed by atoms with van der Waals surface area (Å²) in [4.78, 5) is 12.2. The minimum Gasteiger partial charge on any atom is -0.494 e. The Balaban J connectivity index is 1.94. The number of carbonyl (C=O) groups is 1. The highest BCUT2D eigenvalue weighted by Crippen LogP contribution is 2.31. The van der Waals surface area contributed by atoms with Gasteiger partial charge in [0.05, 0.1) is 6.61 Å². The summed E-state index contributed by atoms with van der Waals surface area (Å²) in [6, 6.07) is 15.6. The molecular formula is C21H26O3. The van der Waals surface area contributed by atoms with Gasteiger partial charge in [-0.2, -0.15) is 0 Å². The summed E-state index contributed by atoms with van der Waals surface area (Å²) in [5, 5.41) is 0. The third-order valence-corrected chi connectivity index (χ3v) is 3.77. The van der Waals surface area contributed by atoms with Gasteiger partial charge in [-0.15, -0.1) is 0 Å². The lowest BCUT2D eigenvalue weighted by Crippen LogP contribution is -2.16. The van der Waals surface area contributed by atoms with E-state index in [-0.39, 0.29) is 11.4 Å². The zero-order valence-corrected chi connectivity index (χ0v) is 15.0. The maximum atomic E-state index is 12.2. The molecule has 3 heteroatoms. The van der Waals surface area contributed by atoms with Crippen LogP contribution in [0.3, 0.4) is 0 Å². The molecule has 0 radical (unpaired) electrons. The van der Waals surface area contributed by atoms with Crippen molar-refractivity contribution in [3.8, 4) is 11.5 Å². The molecule has 0 fully saturated rings. The Kier molecular flexibility index (Phi) is 6.02. The van der Waals surface area contributed by atoms with Gasteiger partial charge < -0.3 is 9.47 Å². The first kappa shape index (κ1) is 18.1. The fraction of sp³-hybridized carbons (Fsp3) is 0.381. The van der Waals surface area contributed by atoms with Crippen molar-refractivity contribution in [1.82, 2.24) is 0 Å². The second-order valence-corrected chi connectivity index (χ2v) is 6.80. The molecular weight excluding hydrogens is 300 g/mol. The quantitative estimate of drug-likeness (QED) is 0.558. The van der Waals surface area contributed by atoms with Crippen molar-refractivity contribution >= 4 is 5.97 Å². The Labute approximate surface area is 144 Å². The Morgan fingerprint density at radius 1 is 1.00 bits per heavy atom. The zero-order valence-electron chi connectivity index (χ0n) is 15.0. The Bertz CT molecular complexity index is 666. The maximum absolute atomic E-state index is 12.2. The summed E-state index contributed by atoms with van der Waals surface area (Å²) in [7, 11) is 0. The highest BCUT2D eigenvalue weighted by Gasteiger charge is 2.19. The molecule has 0 amide bonds. The van der Waals surface area contributed by atoms with E-state index in [4.69, 9.17) is 9.47 Å². The summed E-state index contributed by atoms with van der Waals surface area (Å²) >= 11 is 0. The monoisotopic (exact) mass is 326 g/mol. The predicted molar refractivity (Wildman–Crippen MR) is 96.7 cm³/mol. The Hall–Kier alpha value is -2.29. The largest absolute Gasteiger partial charge is 0.494 e. The SMILES string of the molecule is CCOc1ccc(CCC(=O)Oc2ccccc2C(C)(C)C)cc1. The van der Waals surface area contributed by atoms with Crippen LogP contribution >= 0.6 is 0 Å². The minimum absolute atomic E-state index is 0.0635. The Morgan fingerprint density at radius 3 is 2.29 bits per heavy atom.